The number of fused-ring (bicyclic) bond motifs is 1. The van der Waals surface area contributed by atoms with Gasteiger partial charge >= 0.3 is 5.69 Å². The van der Waals surface area contributed by atoms with E-state index in [-0.39, 0.29) is 23.8 Å². The van der Waals surface area contributed by atoms with Gasteiger partial charge in [0, 0.05) is 25.2 Å². The molecule has 0 radical (unpaired) electrons. The maximum atomic E-state index is 12.8. The molecule has 1 aromatic carbocycles. The van der Waals surface area contributed by atoms with Gasteiger partial charge in [-0.3, -0.25) is 18.9 Å². The van der Waals surface area contributed by atoms with Gasteiger partial charge < -0.3 is 20.6 Å². The smallest absolute Gasteiger partial charge is 0.332 e. The molecule has 0 aliphatic rings. The molecular weight excluding hydrogens is 400 g/mol. The zero-order chi connectivity index (χ0) is 22.4. The summed E-state index contributed by atoms with van der Waals surface area (Å²) in [5, 5.41) is 9.33. The summed E-state index contributed by atoms with van der Waals surface area (Å²) in [5.41, 5.74) is 6.11. The Balaban J connectivity index is 2.00. The molecule has 0 amide bonds. The van der Waals surface area contributed by atoms with Gasteiger partial charge in [-0.05, 0) is 37.1 Å². The Hall–Kier alpha value is -3.24. The van der Waals surface area contributed by atoms with Crippen molar-refractivity contribution in [1.29, 1.82) is 0 Å². The van der Waals surface area contributed by atoms with E-state index in [9.17, 15) is 14.7 Å². The van der Waals surface area contributed by atoms with Crippen molar-refractivity contribution in [3.8, 4) is 17.1 Å². The predicted molar refractivity (Wildman–Crippen MR) is 120 cm³/mol. The number of benzene rings is 1. The molecule has 0 saturated heterocycles. The van der Waals surface area contributed by atoms with Crippen molar-refractivity contribution < 1.29 is 9.84 Å². The Kier molecular flexibility index (Phi) is 7.37. The molecule has 166 valence electrons. The van der Waals surface area contributed by atoms with E-state index >= 15 is 0 Å². The number of rotatable bonds is 9. The second-order valence-electron chi connectivity index (χ2n) is 7.02. The minimum absolute atomic E-state index is 0.182. The summed E-state index contributed by atoms with van der Waals surface area (Å²) < 4.78 is 8.36. The van der Waals surface area contributed by atoms with Gasteiger partial charge in [-0.15, -0.1) is 0 Å². The number of aliphatic hydroxyl groups is 1. The van der Waals surface area contributed by atoms with Crippen LogP contribution in [0.5, 0.6) is 5.75 Å². The SMILES string of the molecule is CCCn1c(=O)c2[nH]c(-c3ccc(OC(CO)=NCCN)cc3)nc2n(CCC)c1=O. The third-order valence-corrected chi connectivity index (χ3v) is 4.67. The van der Waals surface area contributed by atoms with Gasteiger partial charge in [0.25, 0.3) is 5.56 Å². The number of ether oxygens (including phenoxy) is 1. The average Bonchev–Trinajstić information content (AvgIpc) is 3.23. The van der Waals surface area contributed by atoms with E-state index in [0.29, 0.717) is 55.3 Å². The van der Waals surface area contributed by atoms with Crippen molar-refractivity contribution in [2.45, 2.75) is 39.8 Å². The zero-order valence-electron chi connectivity index (χ0n) is 17.8. The Labute approximate surface area is 179 Å². The largest absolute Gasteiger partial charge is 0.441 e. The molecule has 10 heteroatoms. The lowest BCUT2D eigenvalue weighted by molar-refractivity contribution is 0.328. The minimum Gasteiger partial charge on any atom is -0.441 e. The van der Waals surface area contributed by atoms with Gasteiger partial charge in [-0.1, -0.05) is 13.8 Å². The van der Waals surface area contributed by atoms with E-state index in [2.05, 4.69) is 15.0 Å². The van der Waals surface area contributed by atoms with Crippen LogP contribution in [0.15, 0.2) is 38.8 Å². The molecule has 0 saturated carbocycles. The number of nitrogens with zero attached hydrogens (tertiary/aromatic N) is 4. The highest BCUT2D eigenvalue weighted by Crippen LogP contribution is 2.22. The molecule has 2 heterocycles. The standard InChI is InChI=1S/C21H28N6O4/c1-3-11-26-19-17(20(29)27(12-4-2)21(26)30)24-18(25-19)14-5-7-15(8-6-14)31-16(13-28)23-10-9-22/h5-8,28H,3-4,9-13,22H2,1-2H3,(H,24,25). The van der Waals surface area contributed by atoms with E-state index in [4.69, 9.17) is 10.5 Å². The summed E-state index contributed by atoms with van der Waals surface area (Å²) in [6.07, 6.45) is 1.42. The van der Waals surface area contributed by atoms with Crippen LogP contribution in [0.2, 0.25) is 0 Å². The molecule has 10 nitrogen and oxygen atoms in total. The van der Waals surface area contributed by atoms with Crippen LogP contribution < -0.4 is 21.7 Å². The molecule has 3 aromatic rings. The summed E-state index contributed by atoms with van der Waals surface area (Å²) >= 11 is 0. The normalized spacial score (nSPS) is 11.9. The van der Waals surface area contributed by atoms with E-state index in [1.165, 1.54) is 4.57 Å². The number of aryl methyl sites for hydroxylation is 1. The van der Waals surface area contributed by atoms with Crippen LogP contribution in [0.1, 0.15) is 26.7 Å². The van der Waals surface area contributed by atoms with Crippen LogP contribution in [0.3, 0.4) is 0 Å². The number of aromatic amines is 1. The van der Waals surface area contributed by atoms with E-state index in [0.717, 1.165) is 12.0 Å². The second-order valence-corrected chi connectivity index (χ2v) is 7.02. The van der Waals surface area contributed by atoms with Gasteiger partial charge in [0.1, 0.15) is 23.7 Å². The summed E-state index contributed by atoms with van der Waals surface area (Å²) in [5.74, 6) is 1.16. The van der Waals surface area contributed by atoms with Gasteiger partial charge in [0.05, 0.1) is 6.54 Å². The quantitative estimate of drug-likeness (QED) is 0.344. The van der Waals surface area contributed by atoms with Crippen LogP contribution in [0, 0.1) is 0 Å². The Bertz CT molecular complexity index is 1170. The van der Waals surface area contributed by atoms with Crippen LogP contribution in [0.4, 0.5) is 0 Å². The monoisotopic (exact) mass is 428 g/mol. The first-order valence-electron chi connectivity index (χ1n) is 10.4. The summed E-state index contributed by atoms with van der Waals surface area (Å²) in [6.45, 7) is 5.12. The number of aromatic nitrogens is 4. The first-order valence-corrected chi connectivity index (χ1v) is 10.4. The lowest BCUT2D eigenvalue weighted by Crippen LogP contribution is -2.40. The Morgan fingerprint density at radius 1 is 1.16 bits per heavy atom. The number of nitrogens with two attached hydrogens (primary N) is 1. The number of imidazole rings is 1. The summed E-state index contributed by atoms with van der Waals surface area (Å²) in [4.78, 5) is 37.3. The highest BCUT2D eigenvalue weighted by Gasteiger charge is 2.17. The van der Waals surface area contributed by atoms with Crippen molar-refractivity contribution in [3.63, 3.8) is 0 Å². The minimum atomic E-state index is -0.364. The summed E-state index contributed by atoms with van der Waals surface area (Å²) in [6, 6.07) is 6.98. The first-order chi connectivity index (χ1) is 15.0. The van der Waals surface area contributed by atoms with Crippen molar-refractivity contribution in [1.82, 2.24) is 19.1 Å². The molecule has 0 unspecified atom stereocenters. The Morgan fingerprint density at radius 3 is 2.45 bits per heavy atom. The number of hydrogen-bond donors (Lipinski definition) is 3. The number of hydrogen-bond acceptors (Lipinski definition) is 7. The van der Waals surface area contributed by atoms with Gasteiger partial charge in [0.2, 0.25) is 5.90 Å². The number of aliphatic hydroxyl groups excluding tert-OH is 1. The van der Waals surface area contributed by atoms with Crippen molar-refractivity contribution in [2.75, 3.05) is 19.7 Å². The Morgan fingerprint density at radius 2 is 1.84 bits per heavy atom. The molecule has 0 atom stereocenters. The third kappa shape index (κ3) is 4.75. The molecular formula is C21H28N6O4. The van der Waals surface area contributed by atoms with E-state index in [1.54, 1.807) is 28.8 Å². The molecule has 0 fully saturated rings. The molecule has 0 aliphatic carbocycles. The lowest BCUT2D eigenvalue weighted by Gasteiger charge is -2.09. The highest BCUT2D eigenvalue weighted by atomic mass is 16.5. The third-order valence-electron chi connectivity index (χ3n) is 4.67. The number of nitrogens with one attached hydrogen (secondary N) is 1. The molecule has 3 rings (SSSR count). The van der Waals surface area contributed by atoms with Crippen LogP contribution in [-0.4, -0.2) is 49.8 Å². The van der Waals surface area contributed by atoms with Crippen LogP contribution >= 0.6 is 0 Å². The van der Waals surface area contributed by atoms with Crippen molar-refractivity contribution in [3.05, 3.63) is 45.1 Å². The van der Waals surface area contributed by atoms with Gasteiger partial charge in [-0.25, -0.2) is 9.78 Å². The molecule has 2 aromatic heterocycles. The molecule has 31 heavy (non-hydrogen) atoms. The zero-order valence-corrected chi connectivity index (χ0v) is 17.8. The van der Waals surface area contributed by atoms with E-state index in [1.807, 2.05) is 13.8 Å². The predicted octanol–water partition coefficient (Wildman–Crippen LogP) is 1.10. The fourth-order valence-electron chi connectivity index (χ4n) is 3.27. The van der Waals surface area contributed by atoms with Crippen molar-refractivity contribution in [2.24, 2.45) is 10.7 Å². The second kappa shape index (κ2) is 10.2. The molecule has 4 N–H and O–H groups in total. The topological polar surface area (TPSA) is 141 Å². The lowest BCUT2D eigenvalue weighted by atomic mass is 10.2. The molecule has 0 spiro atoms. The maximum absolute atomic E-state index is 12.8. The van der Waals surface area contributed by atoms with Crippen LogP contribution in [0.25, 0.3) is 22.6 Å². The molecule has 0 aliphatic heterocycles. The number of H-pyrrole nitrogens is 1. The van der Waals surface area contributed by atoms with Crippen molar-refractivity contribution >= 4 is 17.1 Å². The fourth-order valence-corrected chi connectivity index (χ4v) is 3.27. The fraction of sp³-hybridized carbons (Fsp3) is 0.429. The maximum Gasteiger partial charge on any atom is 0.332 e. The average molecular weight is 428 g/mol. The summed E-state index contributed by atoms with van der Waals surface area (Å²) in [7, 11) is 0. The van der Waals surface area contributed by atoms with Gasteiger partial charge in [-0.2, -0.15) is 0 Å². The van der Waals surface area contributed by atoms with E-state index < -0.39 is 0 Å². The van der Waals surface area contributed by atoms with Crippen LogP contribution in [-0.2, 0) is 13.1 Å². The molecule has 0 bridgehead atoms. The number of aliphatic imine (C=N–C) groups is 1. The van der Waals surface area contributed by atoms with Gasteiger partial charge in [0.15, 0.2) is 5.65 Å². The highest BCUT2D eigenvalue weighted by molar-refractivity contribution is 5.80. The first kappa shape index (κ1) is 22.4.